The number of rotatable bonds is 5. The van der Waals surface area contributed by atoms with Crippen LogP contribution in [0.4, 0.5) is 0 Å². The van der Waals surface area contributed by atoms with Crippen molar-refractivity contribution in [2.45, 2.75) is 13.3 Å². The minimum absolute atomic E-state index is 0.685. The van der Waals surface area contributed by atoms with Crippen molar-refractivity contribution in [3.8, 4) is 5.75 Å². The summed E-state index contributed by atoms with van der Waals surface area (Å²) >= 11 is 0. The van der Waals surface area contributed by atoms with Crippen LogP contribution in [0.25, 0.3) is 11.0 Å². The normalized spacial score (nSPS) is 11.0. The fourth-order valence-corrected chi connectivity index (χ4v) is 1.95. The second kappa shape index (κ2) is 5.19. The molecule has 0 saturated heterocycles. The van der Waals surface area contributed by atoms with Gasteiger partial charge in [0.15, 0.2) is 0 Å². The van der Waals surface area contributed by atoms with Gasteiger partial charge in [-0.25, -0.2) is 4.98 Å². The van der Waals surface area contributed by atoms with Crippen LogP contribution in [-0.2, 0) is 13.5 Å². The second-order valence-corrected chi connectivity index (χ2v) is 4.02. The van der Waals surface area contributed by atoms with E-state index < -0.39 is 0 Å². The first-order valence-electron chi connectivity index (χ1n) is 5.99. The molecule has 0 unspecified atom stereocenters. The lowest BCUT2D eigenvalue weighted by Gasteiger charge is -2.03. The molecule has 1 aromatic heterocycles. The van der Waals surface area contributed by atoms with Crippen molar-refractivity contribution in [2.24, 2.45) is 7.05 Å². The van der Waals surface area contributed by atoms with E-state index in [0.29, 0.717) is 6.61 Å². The first kappa shape index (κ1) is 11.9. The highest BCUT2D eigenvalue weighted by molar-refractivity contribution is 5.77. The van der Waals surface area contributed by atoms with Crippen molar-refractivity contribution < 1.29 is 4.74 Å². The molecule has 0 bridgehead atoms. The maximum atomic E-state index is 5.48. The van der Waals surface area contributed by atoms with E-state index in [1.165, 1.54) is 0 Å². The monoisotopic (exact) mass is 233 g/mol. The molecule has 17 heavy (non-hydrogen) atoms. The number of hydrogen-bond acceptors (Lipinski definition) is 3. The van der Waals surface area contributed by atoms with Gasteiger partial charge < -0.3 is 14.6 Å². The number of aromatic nitrogens is 2. The van der Waals surface area contributed by atoms with Crippen LogP contribution in [-0.4, -0.2) is 29.8 Å². The Hall–Kier alpha value is -1.55. The van der Waals surface area contributed by atoms with E-state index >= 15 is 0 Å². The molecule has 92 valence electrons. The summed E-state index contributed by atoms with van der Waals surface area (Å²) < 4.78 is 7.62. The predicted molar refractivity (Wildman–Crippen MR) is 69.5 cm³/mol. The van der Waals surface area contributed by atoms with Gasteiger partial charge >= 0.3 is 0 Å². The minimum atomic E-state index is 0.685. The number of ether oxygens (including phenoxy) is 1. The Morgan fingerprint density at radius 3 is 2.94 bits per heavy atom. The molecule has 0 amide bonds. The summed E-state index contributed by atoms with van der Waals surface area (Å²) in [6.07, 6.45) is 0.936. The van der Waals surface area contributed by atoms with Gasteiger partial charge in [0.05, 0.1) is 17.6 Å². The molecule has 2 aromatic rings. The number of imidazole rings is 1. The fourth-order valence-electron chi connectivity index (χ4n) is 1.95. The number of aryl methyl sites for hydroxylation is 1. The highest BCUT2D eigenvalue weighted by atomic mass is 16.5. The summed E-state index contributed by atoms with van der Waals surface area (Å²) in [6, 6.07) is 6.06. The largest absolute Gasteiger partial charge is 0.494 e. The first-order valence-corrected chi connectivity index (χ1v) is 5.99. The standard InChI is InChI=1S/C13H19N3O/c1-4-17-10-5-6-12-11(9-10)15-13(16(12)3)7-8-14-2/h5-6,9,14H,4,7-8H2,1-3H3. The zero-order valence-electron chi connectivity index (χ0n) is 10.7. The van der Waals surface area contributed by atoms with E-state index in [2.05, 4.69) is 28.0 Å². The lowest BCUT2D eigenvalue weighted by Crippen LogP contribution is -2.12. The fraction of sp³-hybridized carbons (Fsp3) is 0.462. The molecule has 0 saturated carbocycles. The molecule has 1 N–H and O–H groups in total. The zero-order valence-corrected chi connectivity index (χ0v) is 10.7. The van der Waals surface area contributed by atoms with Crippen molar-refractivity contribution in [2.75, 3.05) is 20.2 Å². The average Bonchev–Trinajstić information content (AvgIpc) is 2.64. The number of fused-ring (bicyclic) bond motifs is 1. The Bertz CT molecular complexity index is 505. The van der Waals surface area contributed by atoms with Crippen LogP contribution >= 0.6 is 0 Å². The van der Waals surface area contributed by atoms with Gasteiger partial charge in [0.2, 0.25) is 0 Å². The Morgan fingerprint density at radius 2 is 2.24 bits per heavy atom. The van der Waals surface area contributed by atoms with Crippen LogP contribution in [0.2, 0.25) is 0 Å². The quantitative estimate of drug-likeness (QED) is 0.855. The molecule has 0 radical (unpaired) electrons. The van der Waals surface area contributed by atoms with Crippen molar-refractivity contribution >= 4 is 11.0 Å². The highest BCUT2D eigenvalue weighted by Crippen LogP contribution is 2.21. The average molecular weight is 233 g/mol. The maximum Gasteiger partial charge on any atom is 0.121 e. The Labute approximate surface area is 102 Å². The van der Waals surface area contributed by atoms with Crippen LogP contribution < -0.4 is 10.1 Å². The topological polar surface area (TPSA) is 39.1 Å². The Balaban J connectivity index is 2.35. The minimum Gasteiger partial charge on any atom is -0.494 e. The molecule has 0 aliphatic carbocycles. The Morgan fingerprint density at radius 1 is 1.41 bits per heavy atom. The molecule has 1 heterocycles. The second-order valence-electron chi connectivity index (χ2n) is 4.02. The molecular formula is C13H19N3O. The van der Waals surface area contributed by atoms with Crippen LogP contribution in [0.1, 0.15) is 12.7 Å². The molecule has 0 aliphatic heterocycles. The third-order valence-electron chi connectivity index (χ3n) is 2.85. The summed E-state index contributed by atoms with van der Waals surface area (Å²) in [6.45, 7) is 3.61. The first-order chi connectivity index (χ1) is 8.26. The van der Waals surface area contributed by atoms with Crippen LogP contribution in [0.5, 0.6) is 5.75 Å². The lowest BCUT2D eigenvalue weighted by atomic mass is 10.3. The number of hydrogen-bond donors (Lipinski definition) is 1. The van der Waals surface area contributed by atoms with Gasteiger partial charge in [-0.15, -0.1) is 0 Å². The molecule has 0 atom stereocenters. The van der Waals surface area contributed by atoms with Gasteiger partial charge in [-0.05, 0) is 26.1 Å². The molecule has 4 nitrogen and oxygen atoms in total. The van der Waals surface area contributed by atoms with E-state index in [-0.39, 0.29) is 0 Å². The van der Waals surface area contributed by atoms with Gasteiger partial charge in [0.1, 0.15) is 11.6 Å². The zero-order chi connectivity index (χ0) is 12.3. The van der Waals surface area contributed by atoms with E-state index in [1.54, 1.807) is 0 Å². The van der Waals surface area contributed by atoms with Gasteiger partial charge in [-0.2, -0.15) is 0 Å². The van der Waals surface area contributed by atoms with Crippen LogP contribution in [0, 0.1) is 0 Å². The molecule has 2 rings (SSSR count). The SMILES string of the molecule is CCOc1ccc2c(c1)nc(CCNC)n2C. The van der Waals surface area contributed by atoms with Crippen molar-refractivity contribution in [3.63, 3.8) is 0 Å². The molecule has 4 heteroatoms. The third-order valence-corrected chi connectivity index (χ3v) is 2.85. The van der Waals surface area contributed by atoms with E-state index in [9.17, 15) is 0 Å². The summed E-state index contributed by atoms with van der Waals surface area (Å²) in [5.74, 6) is 1.99. The van der Waals surface area contributed by atoms with Crippen LogP contribution in [0.15, 0.2) is 18.2 Å². The summed E-state index contributed by atoms with van der Waals surface area (Å²) in [7, 11) is 4.01. The molecule has 0 fully saturated rings. The van der Waals surface area contributed by atoms with Crippen molar-refractivity contribution in [3.05, 3.63) is 24.0 Å². The van der Waals surface area contributed by atoms with Gasteiger partial charge in [-0.1, -0.05) is 0 Å². The summed E-state index contributed by atoms with van der Waals surface area (Å²) in [5.41, 5.74) is 2.16. The van der Waals surface area contributed by atoms with Gasteiger partial charge in [0, 0.05) is 26.1 Å². The summed E-state index contributed by atoms with van der Waals surface area (Å²) in [5, 5.41) is 3.14. The summed E-state index contributed by atoms with van der Waals surface area (Å²) in [4.78, 5) is 4.64. The highest BCUT2D eigenvalue weighted by Gasteiger charge is 2.07. The number of benzene rings is 1. The number of nitrogens with one attached hydrogen (secondary N) is 1. The number of likely N-dealkylation sites (N-methyl/N-ethyl adjacent to an activating group) is 1. The smallest absolute Gasteiger partial charge is 0.121 e. The molecule has 0 aliphatic rings. The van der Waals surface area contributed by atoms with Crippen LogP contribution in [0.3, 0.4) is 0 Å². The lowest BCUT2D eigenvalue weighted by molar-refractivity contribution is 0.340. The van der Waals surface area contributed by atoms with E-state index in [1.807, 2.05) is 26.1 Å². The van der Waals surface area contributed by atoms with E-state index in [0.717, 1.165) is 35.6 Å². The van der Waals surface area contributed by atoms with Gasteiger partial charge in [-0.3, -0.25) is 0 Å². The van der Waals surface area contributed by atoms with E-state index in [4.69, 9.17) is 4.74 Å². The predicted octanol–water partition coefficient (Wildman–Crippen LogP) is 1.73. The molecule has 1 aromatic carbocycles. The molecule has 0 spiro atoms. The third kappa shape index (κ3) is 2.42. The Kier molecular flexibility index (Phi) is 3.64. The number of nitrogens with zero attached hydrogens (tertiary/aromatic N) is 2. The van der Waals surface area contributed by atoms with Crippen molar-refractivity contribution in [1.29, 1.82) is 0 Å². The van der Waals surface area contributed by atoms with Gasteiger partial charge in [0.25, 0.3) is 0 Å². The molecular weight excluding hydrogens is 214 g/mol. The van der Waals surface area contributed by atoms with Crippen molar-refractivity contribution in [1.82, 2.24) is 14.9 Å². The maximum absolute atomic E-state index is 5.48.